The van der Waals surface area contributed by atoms with Gasteiger partial charge in [0.05, 0.1) is 11.9 Å². The molecule has 1 N–H and O–H groups in total. The van der Waals surface area contributed by atoms with Gasteiger partial charge in [-0.15, -0.1) is 0 Å². The summed E-state index contributed by atoms with van der Waals surface area (Å²) in [6.45, 7) is 0. The molecule has 24 heavy (non-hydrogen) atoms. The van der Waals surface area contributed by atoms with E-state index in [9.17, 15) is 5.11 Å². The van der Waals surface area contributed by atoms with E-state index in [4.69, 9.17) is 0 Å². The van der Waals surface area contributed by atoms with Gasteiger partial charge in [-0.2, -0.15) is 5.10 Å². The minimum absolute atomic E-state index is 0.233. The van der Waals surface area contributed by atoms with Crippen LogP contribution in [0, 0.1) is 0 Å². The molecule has 0 aliphatic carbocycles. The van der Waals surface area contributed by atoms with Gasteiger partial charge in [-0.3, -0.25) is 0 Å². The SMILES string of the molecule is Oc1cccc(-n2cc(-c3ccc(-c4ccccc4)cc3)cn2)c1. The number of phenols is 1. The largest absolute Gasteiger partial charge is 0.508 e. The Morgan fingerprint density at radius 2 is 1.33 bits per heavy atom. The highest BCUT2D eigenvalue weighted by molar-refractivity contribution is 5.69. The second-order valence-corrected chi connectivity index (χ2v) is 5.64. The fourth-order valence-electron chi connectivity index (χ4n) is 2.73. The van der Waals surface area contributed by atoms with Crippen LogP contribution in [0.4, 0.5) is 0 Å². The molecule has 0 aliphatic heterocycles. The molecular formula is C21H16N2O. The van der Waals surface area contributed by atoms with Gasteiger partial charge in [0.15, 0.2) is 0 Å². The molecule has 0 aliphatic rings. The Hall–Kier alpha value is -3.33. The number of aromatic nitrogens is 2. The average Bonchev–Trinajstić information content (AvgIpc) is 3.13. The van der Waals surface area contributed by atoms with Crippen molar-refractivity contribution in [2.24, 2.45) is 0 Å². The summed E-state index contributed by atoms with van der Waals surface area (Å²) >= 11 is 0. The van der Waals surface area contributed by atoms with Gasteiger partial charge < -0.3 is 5.11 Å². The molecule has 0 bridgehead atoms. The van der Waals surface area contributed by atoms with E-state index in [-0.39, 0.29) is 5.75 Å². The fourth-order valence-corrected chi connectivity index (χ4v) is 2.73. The minimum atomic E-state index is 0.233. The first kappa shape index (κ1) is 14.3. The predicted octanol–water partition coefficient (Wildman–Crippen LogP) is 4.91. The lowest BCUT2D eigenvalue weighted by Gasteiger charge is -2.03. The summed E-state index contributed by atoms with van der Waals surface area (Å²) in [6, 6.07) is 25.8. The molecule has 4 rings (SSSR count). The van der Waals surface area contributed by atoms with Crippen molar-refractivity contribution in [2.75, 3.05) is 0 Å². The standard InChI is InChI=1S/C21H16N2O/c24-21-8-4-7-20(13-21)23-15-19(14-22-23)18-11-9-17(10-12-18)16-5-2-1-3-6-16/h1-15,24H. The van der Waals surface area contributed by atoms with Crippen molar-refractivity contribution in [3.63, 3.8) is 0 Å². The van der Waals surface area contributed by atoms with Crippen LogP contribution in [0.5, 0.6) is 5.75 Å². The molecular weight excluding hydrogens is 296 g/mol. The summed E-state index contributed by atoms with van der Waals surface area (Å²) in [6.07, 6.45) is 3.80. The second kappa shape index (κ2) is 6.05. The van der Waals surface area contributed by atoms with Crippen LogP contribution in [0.2, 0.25) is 0 Å². The Bertz CT molecular complexity index is 957. The second-order valence-electron chi connectivity index (χ2n) is 5.64. The number of aromatic hydroxyl groups is 1. The number of rotatable bonds is 3. The van der Waals surface area contributed by atoms with Crippen molar-refractivity contribution in [3.8, 4) is 33.7 Å². The van der Waals surface area contributed by atoms with Crippen LogP contribution < -0.4 is 0 Å². The highest BCUT2D eigenvalue weighted by Crippen LogP contribution is 2.25. The van der Waals surface area contributed by atoms with Crippen LogP contribution in [-0.2, 0) is 0 Å². The number of benzene rings is 3. The maximum Gasteiger partial charge on any atom is 0.117 e. The maximum absolute atomic E-state index is 9.60. The predicted molar refractivity (Wildman–Crippen MR) is 96.1 cm³/mol. The van der Waals surface area contributed by atoms with Crippen LogP contribution in [0.1, 0.15) is 0 Å². The Morgan fingerprint density at radius 1 is 0.667 bits per heavy atom. The molecule has 0 saturated carbocycles. The summed E-state index contributed by atoms with van der Waals surface area (Å²) in [5, 5.41) is 14.0. The highest BCUT2D eigenvalue weighted by atomic mass is 16.3. The van der Waals surface area contributed by atoms with E-state index in [1.165, 1.54) is 11.1 Å². The van der Waals surface area contributed by atoms with E-state index in [1.54, 1.807) is 22.9 Å². The van der Waals surface area contributed by atoms with Gasteiger partial charge in [0.25, 0.3) is 0 Å². The molecule has 0 radical (unpaired) electrons. The summed E-state index contributed by atoms with van der Waals surface area (Å²) < 4.78 is 1.76. The third-order valence-electron chi connectivity index (χ3n) is 4.00. The first-order valence-electron chi connectivity index (χ1n) is 7.79. The van der Waals surface area contributed by atoms with Gasteiger partial charge in [0.2, 0.25) is 0 Å². The van der Waals surface area contributed by atoms with Gasteiger partial charge >= 0.3 is 0 Å². The van der Waals surface area contributed by atoms with Crippen molar-refractivity contribution in [2.45, 2.75) is 0 Å². The lowest BCUT2D eigenvalue weighted by Crippen LogP contribution is -1.92. The van der Waals surface area contributed by atoms with Gasteiger partial charge in [0, 0.05) is 17.8 Å². The molecule has 3 aromatic carbocycles. The maximum atomic E-state index is 9.60. The molecule has 3 nitrogen and oxygen atoms in total. The zero-order valence-electron chi connectivity index (χ0n) is 13.0. The molecule has 1 heterocycles. The number of hydrogen-bond donors (Lipinski definition) is 1. The van der Waals surface area contributed by atoms with Crippen LogP contribution >= 0.6 is 0 Å². The summed E-state index contributed by atoms with van der Waals surface area (Å²) in [5.41, 5.74) is 5.39. The molecule has 0 fully saturated rings. The number of phenolic OH excluding ortho intramolecular Hbond substituents is 1. The van der Waals surface area contributed by atoms with E-state index in [0.29, 0.717) is 0 Å². The third kappa shape index (κ3) is 2.79. The van der Waals surface area contributed by atoms with E-state index in [0.717, 1.165) is 16.8 Å². The molecule has 0 unspecified atom stereocenters. The summed E-state index contributed by atoms with van der Waals surface area (Å²) in [5.74, 6) is 0.233. The van der Waals surface area contributed by atoms with Gasteiger partial charge in [-0.05, 0) is 28.8 Å². The molecule has 3 heteroatoms. The number of nitrogens with zero attached hydrogens (tertiary/aromatic N) is 2. The van der Waals surface area contributed by atoms with Crippen molar-refractivity contribution in [1.29, 1.82) is 0 Å². The Morgan fingerprint density at radius 3 is 2.04 bits per heavy atom. The molecule has 0 amide bonds. The minimum Gasteiger partial charge on any atom is -0.508 e. The smallest absolute Gasteiger partial charge is 0.117 e. The molecule has 0 atom stereocenters. The van der Waals surface area contributed by atoms with Gasteiger partial charge in [0.1, 0.15) is 5.75 Å². The topological polar surface area (TPSA) is 38.0 Å². The van der Waals surface area contributed by atoms with E-state index in [2.05, 4.69) is 41.5 Å². The first-order valence-corrected chi connectivity index (χ1v) is 7.79. The Labute approximate surface area is 140 Å². The van der Waals surface area contributed by atoms with Crippen molar-refractivity contribution < 1.29 is 5.11 Å². The van der Waals surface area contributed by atoms with Crippen molar-refractivity contribution >= 4 is 0 Å². The zero-order valence-corrected chi connectivity index (χ0v) is 13.0. The van der Waals surface area contributed by atoms with Gasteiger partial charge in [-0.1, -0.05) is 60.7 Å². The van der Waals surface area contributed by atoms with E-state index in [1.807, 2.05) is 36.7 Å². The molecule has 0 saturated heterocycles. The van der Waals surface area contributed by atoms with Gasteiger partial charge in [-0.25, -0.2) is 4.68 Å². The fraction of sp³-hybridized carbons (Fsp3) is 0. The normalized spacial score (nSPS) is 10.7. The Kier molecular flexibility index (Phi) is 3.60. The highest BCUT2D eigenvalue weighted by Gasteiger charge is 2.05. The van der Waals surface area contributed by atoms with Crippen LogP contribution in [0.15, 0.2) is 91.3 Å². The molecule has 0 spiro atoms. The van der Waals surface area contributed by atoms with Crippen LogP contribution in [0.3, 0.4) is 0 Å². The summed E-state index contributed by atoms with van der Waals surface area (Å²) in [4.78, 5) is 0. The van der Waals surface area contributed by atoms with Crippen LogP contribution in [0.25, 0.3) is 27.9 Å². The third-order valence-corrected chi connectivity index (χ3v) is 4.00. The molecule has 4 aromatic rings. The molecule has 116 valence electrons. The lowest BCUT2D eigenvalue weighted by molar-refractivity contribution is 0.475. The summed E-state index contributed by atoms with van der Waals surface area (Å²) in [7, 11) is 0. The van der Waals surface area contributed by atoms with Crippen molar-refractivity contribution in [3.05, 3.63) is 91.3 Å². The lowest BCUT2D eigenvalue weighted by atomic mass is 10.0. The monoisotopic (exact) mass is 312 g/mol. The Balaban J connectivity index is 1.63. The van der Waals surface area contributed by atoms with E-state index < -0.39 is 0 Å². The zero-order chi connectivity index (χ0) is 16.4. The quantitative estimate of drug-likeness (QED) is 0.583. The molecule has 1 aromatic heterocycles. The first-order chi connectivity index (χ1) is 11.8. The van der Waals surface area contributed by atoms with Crippen LogP contribution in [-0.4, -0.2) is 14.9 Å². The van der Waals surface area contributed by atoms with Crippen molar-refractivity contribution in [1.82, 2.24) is 9.78 Å². The number of hydrogen-bond acceptors (Lipinski definition) is 2. The average molecular weight is 312 g/mol. The van der Waals surface area contributed by atoms with E-state index >= 15 is 0 Å².